The molecule has 0 saturated heterocycles. The fourth-order valence-corrected chi connectivity index (χ4v) is 5.62. The van der Waals surface area contributed by atoms with E-state index >= 15 is 0 Å². The van der Waals surface area contributed by atoms with Crippen molar-refractivity contribution in [2.75, 3.05) is 7.11 Å². The van der Waals surface area contributed by atoms with Gasteiger partial charge >= 0.3 is 0 Å². The van der Waals surface area contributed by atoms with E-state index < -0.39 is 5.41 Å². The predicted octanol–water partition coefficient (Wildman–Crippen LogP) is 8.21. The molecule has 1 heterocycles. The average molecular weight is 757 g/mol. The van der Waals surface area contributed by atoms with Gasteiger partial charge in [0.25, 0.3) is 5.56 Å². The van der Waals surface area contributed by atoms with Gasteiger partial charge in [0.1, 0.15) is 12.4 Å². The monoisotopic (exact) mass is 753 g/mol. The first-order chi connectivity index (χ1) is 17.5. The number of rotatable bonds is 6. The first-order valence-corrected chi connectivity index (χ1v) is 14.4. The summed E-state index contributed by atoms with van der Waals surface area (Å²) in [5.74, 6) is 1.59. The summed E-state index contributed by atoms with van der Waals surface area (Å²) in [5, 5.41) is 5.09. The molecule has 0 fully saturated rings. The Morgan fingerprint density at radius 2 is 1.68 bits per heavy atom. The minimum atomic E-state index is -0.431. The molecule has 6 nitrogen and oxygen atoms in total. The maximum Gasteiger partial charge on any atom is 0.282 e. The molecule has 0 radical (unpaired) electrons. The molecule has 0 N–H and O–H groups in total. The van der Waals surface area contributed by atoms with Crippen molar-refractivity contribution in [2.45, 2.75) is 32.8 Å². The normalized spacial score (nSPS) is 11.9. The molecule has 0 saturated carbocycles. The minimum Gasteiger partial charge on any atom is -0.493 e. The molecule has 0 amide bonds. The Morgan fingerprint density at radius 1 is 0.973 bits per heavy atom. The zero-order valence-electron chi connectivity index (χ0n) is 20.5. The summed E-state index contributed by atoms with van der Waals surface area (Å²) < 4.78 is 16.7. The maximum atomic E-state index is 13.5. The SMILES string of the molecule is COc1cc(Br)cc(C=Nn2c(C(C)(C)C)nc3ccc(Br)cc3c2=O)c1OCc1ccc(Br)cc1Br. The van der Waals surface area contributed by atoms with Crippen LogP contribution in [0.1, 0.15) is 37.7 Å². The van der Waals surface area contributed by atoms with Crippen molar-refractivity contribution >= 4 is 80.8 Å². The number of nitrogens with zero attached hydrogens (tertiary/aromatic N) is 3. The van der Waals surface area contributed by atoms with Gasteiger partial charge in [-0.25, -0.2) is 4.98 Å². The molecule has 1 aromatic heterocycles. The molecule has 0 aliphatic carbocycles. The lowest BCUT2D eigenvalue weighted by Crippen LogP contribution is -2.29. The summed E-state index contributed by atoms with van der Waals surface area (Å²) in [4.78, 5) is 18.3. The molecule has 0 bridgehead atoms. The molecule has 37 heavy (non-hydrogen) atoms. The molecule has 3 aromatic carbocycles. The van der Waals surface area contributed by atoms with Gasteiger partial charge in [-0.1, -0.05) is 90.6 Å². The van der Waals surface area contributed by atoms with Gasteiger partial charge < -0.3 is 9.47 Å². The number of ether oxygens (including phenoxy) is 2. The second kappa shape index (κ2) is 11.4. The Labute approximate surface area is 248 Å². The largest absolute Gasteiger partial charge is 0.493 e. The van der Waals surface area contributed by atoms with Crippen LogP contribution in [-0.2, 0) is 12.0 Å². The quantitative estimate of drug-likeness (QED) is 0.186. The van der Waals surface area contributed by atoms with Crippen molar-refractivity contribution in [3.8, 4) is 11.5 Å². The molecule has 0 aliphatic rings. The number of hydrogen-bond donors (Lipinski definition) is 0. The third kappa shape index (κ3) is 6.35. The molecule has 4 rings (SSSR count). The highest BCUT2D eigenvalue weighted by atomic mass is 79.9. The summed E-state index contributed by atoms with van der Waals surface area (Å²) in [6.45, 7) is 6.29. The molecule has 0 aliphatic heterocycles. The number of benzene rings is 3. The van der Waals surface area contributed by atoms with Gasteiger partial charge in [-0.05, 0) is 42.5 Å². The molecular weight excluding hydrogens is 734 g/mol. The van der Waals surface area contributed by atoms with Crippen LogP contribution in [0.25, 0.3) is 10.9 Å². The van der Waals surface area contributed by atoms with E-state index in [0.29, 0.717) is 40.4 Å². The molecular formula is C27H23Br4N3O3. The second-order valence-electron chi connectivity index (χ2n) is 9.26. The Morgan fingerprint density at radius 3 is 2.35 bits per heavy atom. The number of halogens is 4. The summed E-state index contributed by atoms with van der Waals surface area (Å²) >= 11 is 14.0. The first-order valence-electron chi connectivity index (χ1n) is 11.2. The van der Waals surface area contributed by atoms with Crippen LogP contribution >= 0.6 is 63.7 Å². The van der Waals surface area contributed by atoms with Crippen LogP contribution in [0.3, 0.4) is 0 Å². The van der Waals surface area contributed by atoms with E-state index in [4.69, 9.17) is 14.5 Å². The average Bonchev–Trinajstić information content (AvgIpc) is 2.83. The van der Waals surface area contributed by atoms with E-state index in [1.807, 2.05) is 63.2 Å². The molecule has 192 valence electrons. The minimum absolute atomic E-state index is 0.254. The Kier molecular flexibility index (Phi) is 8.62. The highest BCUT2D eigenvalue weighted by molar-refractivity contribution is 9.11. The maximum absolute atomic E-state index is 13.5. The van der Waals surface area contributed by atoms with E-state index in [1.54, 1.807) is 19.4 Å². The van der Waals surface area contributed by atoms with Crippen LogP contribution in [-0.4, -0.2) is 23.0 Å². The smallest absolute Gasteiger partial charge is 0.282 e. The van der Waals surface area contributed by atoms with E-state index in [0.717, 1.165) is 23.5 Å². The van der Waals surface area contributed by atoms with Crippen molar-refractivity contribution in [3.05, 3.63) is 93.7 Å². The highest BCUT2D eigenvalue weighted by Gasteiger charge is 2.23. The lowest BCUT2D eigenvalue weighted by Gasteiger charge is -2.21. The molecule has 0 atom stereocenters. The fourth-order valence-electron chi connectivity index (χ4n) is 3.64. The Bertz CT molecular complexity index is 1580. The molecule has 4 aromatic rings. The summed E-state index contributed by atoms with van der Waals surface area (Å²) in [7, 11) is 1.58. The van der Waals surface area contributed by atoms with E-state index in [2.05, 4.69) is 68.8 Å². The van der Waals surface area contributed by atoms with Gasteiger partial charge in [0.2, 0.25) is 0 Å². The van der Waals surface area contributed by atoms with Crippen LogP contribution in [0.2, 0.25) is 0 Å². The zero-order valence-corrected chi connectivity index (χ0v) is 26.8. The van der Waals surface area contributed by atoms with Crippen LogP contribution in [0.15, 0.2) is 76.3 Å². The standard InChI is InChI=1S/C27H23Br4N3O3/c1-27(2,3)26-33-22-8-7-17(28)10-20(22)25(35)34(26)32-13-16-9-19(30)12-23(36-4)24(16)37-14-15-5-6-18(29)11-21(15)31/h5-13H,14H2,1-4H3. The fraction of sp³-hybridized carbons (Fsp3) is 0.222. The lowest BCUT2D eigenvalue weighted by molar-refractivity contribution is 0.283. The van der Waals surface area contributed by atoms with Crippen LogP contribution in [0.5, 0.6) is 11.5 Å². The van der Waals surface area contributed by atoms with Gasteiger partial charge in [0, 0.05) is 34.4 Å². The van der Waals surface area contributed by atoms with E-state index in [9.17, 15) is 4.79 Å². The number of fused-ring (bicyclic) bond motifs is 1. The summed E-state index contributed by atoms with van der Waals surface area (Å²) in [6, 6.07) is 15.0. The predicted molar refractivity (Wildman–Crippen MR) is 162 cm³/mol. The lowest BCUT2D eigenvalue weighted by atomic mass is 9.95. The van der Waals surface area contributed by atoms with E-state index in [-0.39, 0.29) is 5.56 Å². The number of hydrogen-bond acceptors (Lipinski definition) is 5. The van der Waals surface area contributed by atoms with Crippen molar-refractivity contribution in [2.24, 2.45) is 5.10 Å². The Hall–Kier alpha value is -2.01. The van der Waals surface area contributed by atoms with Crippen LogP contribution < -0.4 is 15.0 Å². The highest BCUT2D eigenvalue weighted by Crippen LogP contribution is 2.35. The topological polar surface area (TPSA) is 65.7 Å². The van der Waals surface area contributed by atoms with Gasteiger partial charge in [-0.15, -0.1) is 0 Å². The van der Waals surface area contributed by atoms with Crippen LogP contribution in [0, 0.1) is 0 Å². The van der Waals surface area contributed by atoms with Gasteiger partial charge in [0.15, 0.2) is 11.5 Å². The van der Waals surface area contributed by atoms with Gasteiger partial charge in [-0.2, -0.15) is 9.78 Å². The number of aromatic nitrogens is 2. The Balaban J connectivity index is 1.82. The van der Waals surface area contributed by atoms with Crippen molar-refractivity contribution in [3.63, 3.8) is 0 Å². The summed E-state index contributed by atoms with van der Waals surface area (Å²) in [6.07, 6.45) is 1.60. The summed E-state index contributed by atoms with van der Waals surface area (Å²) in [5.41, 5.74) is 1.54. The van der Waals surface area contributed by atoms with Gasteiger partial charge in [-0.3, -0.25) is 4.79 Å². The molecule has 0 spiro atoms. The number of methoxy groups -OCH3 is 1. The van der Waals surface area contributed by atoms with Crippen molar-refractivity contribution < 1.29 is 9.47 Å². The third-order valence-electron chi connectivity index (χ3n) is 5.45. The first kappa shape index (κ1) is 28.0. The van der Waals surface area contributed by atoms with Crippen molar-refractivity contribution in [1.82, 2.24) is 9.66 Å². The molecule has 10 heteroatoms. The van der Waals surface area contributed by atoms with Crippen LogP contribution in [0.4, 0.5) is 0 Å². The van der Waals surface area contributed by atoms with E-state index in [1.165, 1.54) is 4.68 Å². The second-order valence-corrected chi connectivity index (χ2v) is 12.9. The van der Waals surface area contributed by atoms with Gasteiger partial charge in [0.05, 0.1) is 24.2 Å². The van der Waals surface area contributed by atoms with Crippen molar-refractivity contribution in [1.29, 1.82) is 0 Å². The zero-order chi connectivity index (χ0) is 26.9. The molecule has 0 unspecified atom stereocenters. The third-order valence-corrected chi connectivity index (χ3v) is 7.63.